The van der Waals surface area contributed by atoms with Crippen LogP contribution in [-0.4, -0.2) is 16.1 Å². The molecule has 2 aromatic rings. The van der Waals surface area contributed by atoms with Crippen LogP contribution < -0.4 is 0 Å². The third-order valence-electron chi connectivity index (χ3n) is 7.04. The molecular weight excluding hydrogens is 567 g/mol. The van der Waals surface area contributed by atoms with E-state index in [1.807, 2.05) is 0 Å². The van der Waals surface area contributed by atoms with Crippen LogP contribution in [0.5, 0.6) is 0 Å². The van der Waals surface area contributed by atoms with Crippen LogP contribution in [0.4, 0.5) is 0 Å². The normalized spacial score (nSPS) is 12.6. The van der Waals surface area contributed by atoms with Crippen LogP contribution in [0.3, 0.4) is 0 Å². The van der Waals surface area contributed by atoms with Gasteiger partial charge in [0.25, 0.3) is 0 Å². The molecule has 3 rings (SSSR count). The zero-order valence-corrected chi connectivity index (χ0v) is 28.9. The maximum atomic E-state index is 4.93. The van der Waals surface area contributed by atoms with Crippen LogP contribution in [0.25, 0.3) is 11.1 Å². The van der Waals surface area contributed by atoms with Crippen molar-refractivity contribution in [1.82, 2.24) is 0 Å². The number of fused-ring (bicyclic) bond motifs is 3. The summed E-state index contributed by atoms with van der Waals surface area (Å²) in [7, 11) is 8.05. The van der Waals surface area contributed by atoms with Crippen molar-refractivity contribution in [2.75, 3.05) is 0 Å². The number of benzene rings is 2. The van der Waals surface area contributed by atoms with Gasteiger partial charge in [-0.25, -0.2) is 0 Å². The van der Waals surface area contributed by atoms with Gasteiger partial charge in [-0.15, -0.1) is 0 Å². The zero-order chi connectivity index (χ0) is 25.5. The molecule has 1 aliphatic carbocycles. The van der Waals surface area contributed by atoms with Gasteiger partial charge >= 0.3 is 37.9 Å². The fourth-order valence-electron chi connectivity index (χ4n) is 5.10. The van der Waals surface area contributed by atoms with Crippen molar-refractivity contribution >= 4 is 33.2 Å². The minimum absolute atomic E-state index is 0.826. The van der Waals surface area contributed by atoms with Gasteiger partial charge in [-0.05, 0) is 90.5 Å². The van der Waals surface area contributed by atoms with E-state index in [1.54, 1.807) is 22.3 Å². The summed E-state index contributed by atoms with van der Waals surface area (Å²) in [4.78, 5) is 0. The maximum absolute atomic E-state index is 4.93. The second-order valence-electron chi connectivity index (χ2n) is 12.7. The fourth-order valence-corrected chi connectivity index (χ4v) is 7.73. The van der Waals surface area contributed by atoms with Crippen LogP contribution in [0.2, 0.25) is 51.4 Å². The number of aryl methyl sites for hydroxylation is 4. The summed E-state index contributed by atoms with van der Waals surface area (Å²) in [5, 5.41) is 0. The Morgan fingerprint density at radius 3 is 1.32 bits per heavy atom. The topological polar surface area (TPSA) is 0 Å². The second-order valence-corrected chi connectivity index (χ2v) is 27.6. The van der Waals surface area contributed by atoms with E-state index in [9.17, 15) is 0 Å². The Kier molecular flexibility index (Phi) is 12.4. The van der Waals surface area contributed by atoms with E-state index in [0.717, 1.165) is 6.42 Å². The third-order valence-corrected chi connectivity index (χ3v) is 10.7. The van der Waals surface area contributed by atoms with Gasteiger partial charge in [0, 0.05) is 16.1 Å². The summed E-state index contributed by atoms with van der Waals surface area (Å²) in [5.41, 5.74) is 12.3. The van der Waals surface area contributed by atoms with Crippen molar-refractivity contribution in [2.45, 2.75) is 110 Å². The zero-order valence-electron chi connectivity index (χ0n) is 22.9. The number of hydrogen-bond acceptors (Lipinski definition) is 0. The quantitative estimate of drug-likeness (QED) is 0.158. The average molecular weight is 613 g/mol. The predicted octanol–water partition coefficient (Wildman–Crippen LogP) is 10.6. The Labute approximate surface area is 231 Å². The van der Waals surface area contributed by atoms with E-state index in [0.29, 0.717) is 0 Å². The first-order valence-corrected chi connectivity index (χ1v) is 26.8. The number of halogens is 2. The van der Waals surface area contributed by atoms with Gasteiger partial charge in [0.1, 0.15) is 0 Å². The molecule has 0 aliphatic heterocycles. The summed E-state index contributed by atoms with van der Waals surface area (Å²) in [5.74, 6) is 0. The molecule has 0 amide bonds. The second kappa shape index (κ2) is 13.8. The summed E-state index contributed by atoms with van der Waals surface area (Å²) < 4.78 is 0. The van der Waals surface area contributed by atoms with Gasteiger partial charge in [0.05, 0.1) is 0 Å². The number of hydrogen-bond donors (Lipinski definition) is 0. The molecule has 0 spiro atoms. The monoisotopic (exact) mass is 610 g/mol. The Bertz CT molecular complexity index is 867. The molecule has 0 N–H and O–H groups in total. The molecule has 0 unspecified atom stereocenters. The van der Waals surface area contributed by atoms with E-state index in [1.165, 1.54) is 72.9 Å². The predicted molar refractivity (Wildman–Crippen MR) is 158 cm³/mol. The first-order valence-electron chi connectivity index (χ1n) is 13.1. The molecule has 0 atom stereocenters. The molecule has 34 heavy (non-hydrogen) atoms. The van der Waals surface area contributed by atoms with E-state index in [2.05, 4.69) is 77.4 Å². The van der Waals surface area contributed by atoms with Crippen LogP contribution in [-0.2, 0) is 40.1 Å². The van der Waals surface area contributed by atoms with Crippen LogP contribution in [0.1, 0.15) is 59.1 Å². The molecule has 0 nitrogen and oxygen atoms in total. The van der Waals surface area contributed by atoms with Crippen molar-refractivity contribution in [3.63, 3.8) is 0 Å². The fraction of sp³-hybridized carbons (Fsp3) is 0.586. The molecule has 0 heterocycles. The molecular formula is C29H46Cl2Si2Zr. The van der Waals surface area contributed by atoms with Gasteiger partial charge in [-0.3, -0.25) is 0 Å². The first kappa shape index (κ1) is 30.6. The van der Waals surface area contributed by atoms with Gasteiger partial charge in [-0.2, -0.15) is 0 Å². The van der Waals surface area contributed by atoms with Gasteiger partial charge in [0.2, 0.25) is 0 Å². The summed E-state index contributed by atoms with van der Waals surface area (Å²) in [6.45, 7) is 19.6. The number of unbranched alkanes of at least 4 members (excludes halogenated alkanes) is 2. The van der Waals surface area contributed by atoms with Gasteiger partial charge in [-0.1, -0.05) is 88.5 Å². The van der Waals surface area contributed by atoms with E-state index in [-0.39, 0.29) is 0 Å². The summed E-state index contributed by atoms with van der Waals surface area (Å²) >= 11 is -0.826. The van der Waals surface area contributed by atoms with Crippen molar-refractivity contribution in [3.8, 4) is 11.1 Å². The minimum atomic E-state index is -0.907. The van der Waals surface area contributed by atoms with Crippen LogP contribution >= 0.6 is 17.0 Å². The molecule has 0 bridgehead atoms. The molecule has 0 fully saturated rings. The molecule has 0 saturated heterocycles. The molecule has 5 heteroatoms. The Morgan fingerprint density at radius 2 is 1.00 bits per heavy atom. The summed E-state index contributed by atoms with van der Waals surface area (Å²) in [6, 6.07) is 13.0. The van der Waals surface area contributed by atoms with Crippen molar-refractivity contribution in [3.05, 3.63) is 57.6 Å². The van der Waals surface area contributed by atoms with E-state index >= 15 is 0 Å². The molecule has 2 aromatic carbocycles. The van der Waals surface area contributed by atoms with Crippen LogP contribution in [0, 0.1) is 13.8 Å². The summed E-state index contributed by atoms with van der Waals surface area (Å²) in [6.07, 6.45) is 9.08. The molecule has 1 aliphatic rings. The van der Waals surface area contributed by atoms with Crippen molar-refractivity contribution < 1.29 is 20.8 Å². The van der Waals surface area contributed by atoms with Gasteiger partial charge < -0.3 is 0 Å². The first-order chi connectivity index (χ1) is 15.8. The Hall–Kier alpha value is 0.337. The standard InChI is InChI=1S/C29H46Si2.2ClH.Zr/c1-22-17-26-19-27-18-23(2)25(14-10-12-16-31(6,7)8)21-29(27)28(26)20-24(22)13-9-11-15-30(3,4)5;;;/h17-18,20-21H,9-16,19H2,1-8H3;2*1H;/q;;;+2/p-2. The van der Waals surface area contributed by atoms with Crippen LogP contribution in [0.15, 0.2) is 24.3 Å². The van der Waals surface area contributed by atoms with Crippen molar-refractivity contribution in [1.29, 1.82) is 0 Å². The molecule has 188 valence electrons. The molecule has 0 radical (unpaired) electrons. The molecule has 0 aromatic heterocycles. The van der Waals surface area contributed by atoms with Gasteiger partial charge in [0.15, 0.2) is 0 Å². The average Bonchev–Trinajstić information content (AvgIpc) is 3.03. The van der Waals surface area contributed by atoms with Crippen molar-refractivity contribution in [2.24, 2.45) is 0 Å². The molecule has 0 saturated carbocycles. The van der Waals surface area contributed by atoms with E-state index < -0.39 is 37.0 Å². The SMILES string of the molecule is Cc1cc2c(cc1CCCC[Si](C)(C)C)-c1cc(CCCC[Si](C)(C)C)c(C)cc1C2.[Cl][Zr][Cl]. The van der Waals surface area contributed by atoms with E-state index in [4.69, 9.17) is 17.0 Å². The Balaban J connectivity index is 0.00000129. The number of rotatable bonds is 10. The Morgan fingerprint density at radius 1 is 0.647 bits per heavy atom. The third kappa shape index (κ3) is 10.0.